The number of morpholine rings is 1. The van der Waals surface area contributed by atoms with E-state index in [1.165, 1.54) is 12.1 Å². The zero-order chi connectivity index (χ0) is 14.5. The lowest BCUT2D eigenvalue weighted by Gasteiger charge is -2.29. The van der Waals surface area contributed by atoms with Gasteiger partial charge in [0.2, 0.25) is 0 Å². The van der Waals surface area contributed by atoms with Crippen LogP contribution in [0.1, 0.15) is 12.5 Å². The summed E-state index contributed by atoms with van der Waals surface area (Å²) in [6.07, 6.45) is -0.810. The molecule has 2 rings (SSSR count). The summed E-state index contributed by atoms with van der Waals surface area (Å²) in [5.41, 5.74) is 0.326. The van der Waals surface area contributed by atoms with Crippen molar-refractivity contribution < 1.29 is 23.8 Å². The molecule has 1 aromatic carbocycles. The minimum absolute atomic E-state index is 0.0656. The smallest absolute Gasteiger partial charge is 0.263 e. The van der Waals surface area contributed by atoms with Crippen LogP contribution in [0, 0.1) is 5.82 Å². The fourth-order valence-corrected chi connectivity index (χ4v) is 2.08. The van der Waals surface area contributed by atoms with E-state index in [0.717, 1.165) is 0 Å². The van der Waals surface area contributed by atoms with Crippen molar-refractivity contribution in [2.75, 3.05) is 26.3 Å². The van der Waals surface area contributed by atoms with Gasteiger partial charge in [-0.1, -0.05) is 12.1 Å². The average Bonchev–Trinajstić information content (AvgIpc) is 2.49. The number of rotatable bonds is 4. The van der Waals surface area contributed by atoms with Crippen LogP contribution in [0.5, 0.6) is 5.75 Å². The summed E-state index contributed by atoms with van der Waals surface area (Å²) in [6.45, 7) is 3.25. The number of hydrogen-bond donors (Lipinski definition) is 1. The number of aliphatic hydroxyl groups excluding tert-OH is 1. The Morgan fingerprint density at radius 1 is 1.50 bits per heavy atom. The Balaban J connectivity index is 2.07. The van der Waals surface area contributed by atoms with Crippen LogP contribution in [-0.4, -0.2) is 48.3 Å². The predicted octanol–water partition coefficient (Wildman–Crippen LogP) is 0.944. The van der Waals surface area contributed by atoms with E-state index in [1.54, 1.807) is 17.9 Å². The third kappa shape index (κ3) is 3.26. The molecule has 1 N–H and O–H groups in total. The van der Waals surface area contributed by atoms with E-state index in [1.807, 2.05) is 0 Å². The van der Waals surface area contributed by atoms with Gasteiger partial charge in [-0.2, -0.15) is 0 Å². The molecule has 1 aromatic rings. The highest BCUT2D eigenvalue weighted by atomic mass is 19.1. The second-order valence-corrected chi connectivity index (χ2v) is 4.58. The van der Waals surface area contributed by atoms with Crippen molar-refractivity contribution in [2.24, 2.45) is 0 Å². The van der Waals surface area contributed by atoms with Crippen molar-refractivity contribution in [3.8, 4) is 5.75 Å². The minimum atomic E-state index is -0.810. The molecule has 1 atom stereocenters. The van der Waals surface area contributed by atoms with Crippen LogP contribution < -0.4 is 4.74 Å². The molecular weight excluding hydrogens is 265 g/mol. The largest absolute Gasteiger partial charge is 0.477 e. The number of para-hydroxylation sites is 1. The third-order valence-corrected chi connectivity index (χ3v) is 3.18. The zero-order valence-corrected chi connectivity index (χ0v) is 11.3. The highest BCUT2D eigenvalue weighted by Gasteiger charge is 2.25. The molecule has 1 heterocycles. The summed E-state index contributed by atoms with van der Waals surface area (Å²) in [5, 5.41) is 9.18. The van der Waals surface area contributed by atoms with E-state index in [-0.39, 0.29) is 18.3 Å². The molecule has 110 valence electrons. The van der Waals surface area contributed by atoms with Gasteiger partial charge in [-0.05, 0) is 13.0 Å². The molecule has 1 aliphatic heterocycles. The molecule has 1 amide bonds. The zero-order valence-electron chi connectivity index (χ0n) is 11.3. The topological polar surface area (TPSA) is 59.0 Å². The average molecular weight is 283 g/mol. The Labute approximate surface area is 116 Å². The van der Waals surface area contributed by atoms with Crippen molar-refractivity contribution in [3.63, 3.8) is 0 Å². The van der Waals surface area contributed by atoms with E-state index >= 15 is 0 Å². The lowest BCUT2D eigenvalue weighted by molar-refractivity contribution is -0.142. The SMILES string of the molecule is CC(Oc1c(F)cccc1CO)C(=O)N1CCOCC1. The van der Waals surface area contributed by atoms with Gasteiger partial charge in [-0.15, -0.1) is 0 Å². The van der Waals surface area contributed by atoms with Gasteiger partial charge in [0.1, 0.15) is 0 Å². The van der Waals surface area contributed by atoms with Crippen LogP contribution >= 0.6 is 0 Å². The molecule has 1 saturated heterocycles. The first-order valence-electron chi connectivity index (χ1n) is 6.55. The van der Waals surface area contributed by atoms with Gasteiger partial charge in [0.05, 0.1) is 19.8 Å². The Kier molecular flexibility index (Phi) is 4.92. The highest BCUT2D eigenvalue weighted by molar-refractivity contribution is 5.81. The Bertz CT molecular complexity index is 474. The first-order chi connectivity index (χ1) is 9.63. The van der Waals surface area contributed by atoms with Gasteiger partial charge >= 0.3 is 0 Å². The summed E-state index contributed by atoms with van der Waals surface area (Å²) in [5.74, 6) is -0.859. The van der Waals surface area contributed by atoms with Crippen LogP contribution in [0.25, 0.3) is 0 Å². The van der Waals surface area contributed by atoms with Crippen molar-refractivity contribution >= 4 is 5.91 Å². The van der Waals surface area contributed by atoms with Gasteiger partial charge in [-0.25, -0.2) is 4.39 Å². The maximum atomic E-state index is 13.7. The monoisotopic (exact) mass is 283 g/mol. The molecular formula is C14H18FNO4. The summed E-state index contributed by atoms with van der Waals surface area (Å²) in [4.78, 5) is 13.8. The Hall–Kier alpha value is -1.66. The number of ether oxygens (including phenoxy) is 2. The van der Waals surface area contributed by atoms with Crippen molar-refractivity contribution in [2.45, 2.75) is 19.6 Å². The highest BCUT2D eigenvalue weighted by Crippen LogP contribution is 2.24. The number of carbonyl (C=O) groups is 1. The van der Waals surface area contributed by atoms with Crippen LogP contribution in [-0.2, 0) is 16.1 Å². The second kappa shape index (κ2) is 6.67. The Morgan fingerprint density at radius 3 is 2.85 bits per heavy atom. The normalized spacial score (nSPS) is 16.9. The van der Waals surface area contributed by atoms with Crippen molar-refractivity contribution in [1.29, 1.82) is 0 Å². The molecule has 1 unspecified atom stereocenters. The molecule has 5 nitrogen and oxygen atoms in total. The lowest BCUT2D eigenvalue weighted by atomic mass is 10.2. The molecule has 0 saturated carbocycles. The number of halogens is 1. The Morgan fingerprint density at radius 2 is 2.20 bits per heavy atom. The van der Waals surface area contributed by atoms with E-state index in [9.17, 15) is 14.3 Å². The van der Waals surface area contributed by atoms with Gasteiger partial charge < -0.3 is 19.5 Å². The summed E-state index contributed by atoms with van der Waals surface area (Å²) < 4.78 is 24.3. The number of nitrogens with zero attached hydrogens (tertiary/aromatic N) is 1. The van der Waals surface area contributed by atoms with Gasteiger partial charge in [-0.3, -0.25) is 4.79 Å². The number of benzene rings is 1. The standard InChI is InChI=1S/C14H18FNO4/c1-10(14(18)16-5-7-19-8-6-16)20-13-11(9-17)3-2-4-12(13)15/h2-4,10,17H,5-9H2,1H3. The molecule has 0 radical (unpaired) electrons. The van der Waals surface area contributed by atoms with Crippen LogP contribution in [0.2, 0.25) is 0 Å². The number of amides is 1. The van der Waals surface area contributed by atoms with E-state index in [2.05, 4.69) is 0 Å². The predicted molar refractivity (Wildman–Crippen MR) is 69.8 cm³/mol. The molecule has 0 aliphatic carbocycles. The summed E-state index contributed by atoms with van der Waals surface area (Å²) in [6, 6.07) is 4.28. The van der Waals surface area contributed by atoms with Gasteiger partial charge in [0, 0.05) is 18.7 Å². The second-order valence-electron chi connectivity index (χ2n) is 4.58. The molecule has 20 heavy (non-hydrogen) atoms. The lowest BCUT2D eigenvalue weighted by Crippen LogP contribution is -2.46. The molecule has 0 spiro atoms. The molecule has 1 fully saturated rings. The maximum Gasteiger partial charge on any atom is 0.263 e. The van der Waals surface area contributed by atoms with Crippen LogP contribution in [0.4, 0.5) is 4.39 Å². The van der Waals surface area contributed by atoms with Crippen LogP contribution in [0.3, 0.4) is 0 Å². The first kappa shape index (κ1) is 14.7. The molecule has 1 aliphatic rings. The minimum Gasteiger partial charge on any atom is -0.477 e. The van der Waals surface area contributed by atoms with Gasteiger partial charge in [0.25, 0.3) is 5.91 Å². The van der Waals surface area contributed by atoms with E-state index < -0.39 is 11.9 Å². The first-order valence-corrected chi connectivity index (χ1v) is 6.55. The summed E-state index contributed by atoms with van der Waals surface area (Å²) >= 11 is 0. The molecule has 0 aromatic heterocycles. The fraction of sp³-hybridized carbons (Fsp3) is 0.500. The number of hydrogen-bond acceptors (Lipinski definition) is 4. The van der Waals surface area contributed by atoms with Crippen LogP contribution in [0.15, 0.2) is 18.2 Å². The van der Waals surface area contributed by atoms with Crippen molar-refractivity contribution in [1.82, 2.24) is 4.90 Å². The number of carbonyl (C=O) groups excluding carboxylic acids is 1. The van der Waals surface area contributed by atoms with E-state index in [0.29, 0.717) is 31.9 Å². The number of aliphatic hydroxyl groups is 1. The van der Waals surface area contributed by atoms with Gasteiger partial charge in [0.15, 0.2) is 17.7 Å². The van der Waals surface area contributed by atoms with E-state index in [4.69, 9.17) is 9.47 Å². The molecule has 6 heteroatoms. The maximum absolute atomic E-state index is 13.7. The van der Waals surface area contributed by atoms with Crippen molar-refractivity contribution in [3.05, 3.63) is 29.6 Å². The molecule has 0 bridgehead atoms. The quantitative estimate of drug-likeness (QED) is 0.893. The fourth-order valence-electron chi connectivity index (χ4n) is 2.08. The summed E-state index contributed by atoms with van der Waals surface area (Å²) in [7, 11) is 0. The third-order valence-electron chi connectivity index (χ3n) is 3.18.